The molecule has 1 aromatic rings. The van der Waals surface area contributed by atoms with Crippen molar-refractivity contribution < 1.29 is 9.13 Å². The molecule has 0 bridgehead atoms. The number of hydrogen-bond donors (Lipinski definition) is 0. The summed E-state index contributed by atoms with van der Waals surface area (Å²) < 4.78 is 18.2. The van der Waals surface area contributed by atoms with Gasteiger partial charge in [-0.05, 0) is 36.0 Å². The summed E-state index contributed by atoms with van der Waals surface area (Å²) in [5, 5.41) is 0. The van der Waals surface area contributed by atoms with Gasteiger partial charge in [0.2, 0.25) is 0 Å². The van der Waals surface area contributed by atoms with Crippen LogP contribution in [-0.4, -0.2) is 37.3 Å². The molecule has 1 saturated heterocycles. The number of alkyl halides is 1. The lowest BCUT2D eigenvalue weighted by atomic mass is 9.87. The molecule has 1 heterocycles. The van der Waals surface area contributed by atoms with E-state index < -0.39 is 0 Å². The van der Waals surface area contributed by atoms with Gasteiger partial charge in [-0.25, -0.2) is 0 Å². The summed E-state index contributed by atoms with van der Waals surface area (Å²) >= 11 is 0. The molecule has 2 nitrogen and oxygen atoms in total. The summed E-state index contributed by atoms with van der Waals surface area (Å²) in [6.07, 6.45) is 1.91. The van der Waals surface area contributed by atoms with E-state index in [0.717, 1.165) is 31.8 Å². The van der Waals surface area contributed by atoms with Crippen molar-refractivity contribution in [2.45, 2.75) is 45.1 Å². The van der Waals surface area contributed by atoms with Gasteiger partial charge < -0.3 is 4.74 Å². The van der Waals surface area contributed by atoms with E-state index in [4.69, 9.17) is 4.74 Å². The normalized spacial score (nSPS) is 20.3. The summed E-state index contributed by atoms with van der Waals surface area (Å²) in [5.41, 5.74) is 1.50. The third-order valence-corrected chi connectivity index (χ3v) is 3.86. The van der Waals surface area contributed by atoms with E-state index in [1.807, 2.05) is 0 Å². The maximum Gasteiger partial charge on any atom is 0.119 e. The largest absolute Gasteiger partial charge is 0.489 e. The zero-order valence-electron chi connectivity index (χ0n) is 12.9. The standard InChI is InChI=1S/C17H26FNO/c1-17(2,3)14-5-7-15(8-6-14)20-16-9-12-19(13-16)11-4-10-18/h5-8,16H,4,9-13H2,1-3H3/t16-/m1/s1. The second-order valence-electron chi connectivity index (χ2n) is 6.65. The van der Waals surface area contributed by atoms with Crippen LogP contribution in [-0.2, 0) is 5.41 Å². The van der Waals surface area contributed by atoms with E-state index in [-0.39, 0.29) is 18.2 Å². The number of nitrogens with zero attached hydrogens (tertiary/aromatic N) is 1. The Balaban J connectivity index is 1.85. The summed E-state index contributed by atoms with van der Waals surface area (Å²) in [5.74, 6) is 0.940. The molecular weight excluding hydrogens is 253 g/mol. The van der Waals surface area contributed by atoms with Gasteiger partial charge in [0, 0.05) is 19.6 Å². The molecule has 0 aromatic heterocycles. The lowest BCUT2D eigenvalue weighted by molar-refractivity contribution is 0.198. The van der Waals surface area contributed by atoms with E-state index >= 15 is 0 Å². The van der Waals surface area contributed by atoms with Crippen molar-refractivity contribution in [2.75, 3.05) is 26.3 Å². The van der Waals surface area contributed by atoms with Crippen LogP contribution in [0.2, 0.25) is 0 Å². The summed E-state index contributed by atoms with van der Waals surface area (Å²) in [4.78, 5) is 2.29. The topological polar surface area (TPSA) is 12.5 Å². The van der Waals surface area contributed by atoms with E-state index in [9.17, 15) is 4.39 Å². The molecule has 1 fully saturated rings. The number of ether oxygens (including phenoxy) is 1. The van der Waals surface area contributed by atoms with Gasteiger partial charge >= 0.3 is 0 Å². The van der Waals surface area contributed by atoms with Gasteiger partial charge in [0.05, 0.1) is 6.67 Å². The van der Waals surface area contributed by atoms with Crippen molar-refractivity contribution in [1.29, 1.82) is 0 Å². The van der Waals surface area contributed by atoms with Crippen LogP contribution in [0.4, 0.5) is 4.39 Å². The van der Waals surface area contributed by atoms with Gasteiger partial charge in [0.15, 0.2) is 0 Å². The molecule has 0 radical (unpaired) electrons. The van der Waals surface area contributed by atoms with Crippen molar-refractivity contribution in [1.82, 2.24) is 4.90 Å². The van der Waals surface area contributed by atoms with Crippen molar-refractivity contribution in [3.8, 4) is 5.75 Å². The molecule has 0 amide bonds. The number of likely N-dealkylation sites (tertiary alicyclic amines) is 1. The Kier molecular flexibility index (Phi) is 5.03. The minimum absolute atomic E-state index is 0.176. The minimum atomic E-state index is -0.226. The molecule has 3 heteroatoms. The highest BCUT2D eigenvalue weighted by atomic mass is 19.1. The Morgan fingerprint density at radius 1 is 1.25 bits per heavy atom. The molecular formula is C17H26FNO. The fourth-order valence-electron chi connectivity index (χ4n) is 2.61. The zero-order chi connectivity index (χ0) is 14.6. The molecule has 1 aliphatic heterocycles. The van der Waals surface area contributed by atoms with Crippen molar-refractivity contribution in [3.63, 3.8) is 0 Å². The summed E-state index contributed by atoms with van der Waals surface area (Å²) in [7, 11) is 0. The second kappa shape index (κ2) is 6.57. The Labute approximate surface area is 121 Å². The van der Waals surface area contributed by atoms with Crippen LogP contribution in [0, 0.1) is 0 Å². The number of benzene rings is 1. The first-order valence-corrected chi connectivity index (χ1v) is 7.54. The van der Waals surface area contributed by atoms with E-state index in [0.29, 0.717) is 6.42 Å². The van der Waals surface area contributed by atoms with Gasteiger partial charge in [-0.3, -0.25) is 9.29 Å². The smallest absolute Gasteiger partial charge is 0.119 e. The summed E-state index contributed by atoms with van der Waals surface area (Å²) in [6, 6.07) is 8.41. The predicted octanol–water partition coefficient (Wildman–Crippen LogP) is 3.80. The molecule has 112 valence electrons. The average Bonchev–Trinajstić information content (AvgIpc) is 2.83. The lowest BCUT2D eigenvalue weighted by Gasteiger charge is -2.20. The fourth-order valence-corrected chi connectivity index (χ4v) is 2.61. The molecule has 20 heavy (non-hydrogen) atoms. The van der Waals surface area contributed by atoms with Gasteiger partial charge in [-0.1, -0.05) is 32.9 Å². The van der Waals surface area contributed by atoms with Gasteiger partial charge in [-0.15, -0.1) is 0 Å². The highest BCUT2D eigenvalue weighted by Crippen LogP contribution is 2.25. The monoisotopic (exact) mass is 279 g/mol. The van der Waals surface area contributed by atoms with E-state index in [1.165, 1.54) is 5.56 Å². The summed E-state index contributed by atoms with van der Waals surface area (Å²) in [6.45, 7) is 9.19. The maximum atomic E-state index is 12.2. The quantitative estimate of drug-likeness (QED) is 0.813. The highest BCUT2D eigenvalue weighted by Gasteiger charge is 2.23. The van der Waals surface area contributed by atoms with E-state index in [2.05, 4.69) is 49.9 Å². The molecule has 1 aromatic carbocycles. The van der Waals surface area contributed by atoms with Crippen LogP contribution in [0.5, 0.6) is 5.75 Å². The zero-order valence-corrected chi connectivity index (χ0v) is 12.9. The Hall–Kier alpha value is -1.09. The Morgan fingerprint density at radius 3 is 2.55 bits per heavy atom. The van der Waals surface area contributed by atoms with Crippen molar-refractivity contribution in [3.05, 3.63) is 29.8 Å². The van der Waals surface area contributed by atoms with Crippen LogP contribution in [0.3, 0.4) is 0 Å². The first-order chi connectivity index (χ1) is 9.49. The van der Waals surface area contributed by atoms with E-state index in [1.54, 1.807) is 0 Å². The van der Waals surface area contributed by atoms with Crippen LogP contribution < -0.4 is 4.74 Å². The third kappa shape index (κ3) is 4.20. The van der Waals surface area contributed by atoms with Gasteiger partial charge in [-0.2, -0.15) is 0 Å². The molecule has 0 spiro atoms. The van der Waals surface area contributed by atoms with Crippen LogP contribution in [0.15, 0.2) is 24.3 Å². The minimum Gasteiger partial charge on any atom is -0.489 e. The molecule has 0 unspecified atom stereocenters. The third-order valence-electron chi connectivity index (χ3n) is 3.86. The Bertz CT molecular complexity index is 410. The molecule has 1 atom stereocenters. The SMILES string of the molecule is CC(C)(C)c1ccc(O[C@@H]2CCN(CCCF)C2)cc1. The molecule has 0 aliphatic carbocycles. The van der Waals surface area contributed by atoms with Gasteiger partial charge in [0.1, 0.15) is 11.9 Å². The van der Waals surface area contributed by atoms with Crippen LogP contribution in [0.25, 0.3) is 0 Å². The average molecular weight is 279 g/mol. The predicted molar refractivity (Wildman–Crippen MR) is 81.2 cm³/mol. The highest BCUT2D eigenvalue weighted by molar-refractivity contribution is 5.31. The molecule has 0 N–H and O–H groups in total. The Morgan fingerprint density at radius 2 is 1.95 bits per heavy atom. The van der Waals surface area contributed by atoms with Crippen molar-refractivity contribution >= 4 is 0 Å². The molecule has 0 saturated carbocycles. The molecule has 2 rings (SSSR count). The van der Waals surface area contributed by atoms with Crippen molar-refractivity contribution in [2.24, 2.45) is 0 Å². The first kappa shape index (κ1) is 15.3. The first-order valence-electron chi connectivity index (χ1n) is 7.54. The number of halogens is 1. The lowest BCUT2D eigenvalue weighted by Crippen LogP contribution is -2.26. The maximum absolute atomic E-state index is 12.2. The number of hydrogen-bond acceptors (Lipinski definition) is 2. The van der Waals surface area contributed by atoms with Crippen LogP contribution in [0.1, 0.15) is 39.2 Å². The number of rotatable bonds is 5. The molecule has 1 aliphatic rings. The fraction of sp³-hybridized carbons (Fsp3) is 0.647. The van der Waals surface area contributed by atoms with Crippen LogP contribution >= 0.6 is 0 Å². The second-order valence-corrected chi connectivity index (χ2v) is 6.65. The van der Waals surface area contributed by atoms with Gasteiger partial charge in [0.25, 0.3) is 0 Å².